The van der Waals surface area contributed by atoms with E-state index < -0.39 is 0 Å². The van der Waals surface area contributed by atoms with E-state index in [9.17, 15) is 4.39 Å². The summed E-state index contributed by atoms with van der Waals surface area (Å²) in [5, 5.41) is 3.84. The summed E-state index contributed by atoms with van der Waals surface area (Å²) in [6, 6.07) is 5.16. The van der Waals surface area contributed by atoms with Crippen molar-refractivity contribution in [2.24, 2.45) is 5.92 Å². The van der Waals surface area contributed by atoms with E-state index in [2.05, 4.69) is 24.1 Å². The second-order valence-corrected chi connectivity index (χ2v) is 5.76. The number of rotatable bonds is 4. The zero-order valence-electron chi connectivity index (χ0n) is 11.6. The molecule has 2 rings (SSSR count). The van der Waals surface area contributed by atoms with Crippen LogP contribution in [0.5, 0.6) is 0 Å². The van der Waals surface area contributed by atoms with Gasteiger partial charge < -0.3 is 5.32 Å². The van der Waals surface area contributed by atoms with Crippen molar-refractivity contribution in [3.63, 3.8) is 0 Å². The Morgan fingerprint density at radius 2 is 2.00 bits per heavy atom. The molecular weight excluding hydrogens is 263 g/mol. The highest BCUT2D eigenvalue weighted by atomic mass is 35.5. The Morgan fingerprint density at radius 1 is 1.32 bits per heavy atom. The molecule has 1 aromatic carbocycles. The van der Waals surface area contributed by atoms with Gasteiger partial charge in [0, 0.05) is 37.2 Å². The first-order valence-corrected chi connectivity index (χ1v) is 7.40. The van der Waals surface area contributed by atoms with Crippen molar-refractivity contribution in [2.75, 3.05) is 26.2 Å². The molecule has 1 fully saturated rings. The lowest BCUT2D eigenvalue weighted by atomic mass is 9.90. The molecule has 1 aromatic rings. The van der Waals surface area contributed by atoms with Crippen LogP contribution >= 0.6 is 11.6 Å². The van der Waals surface area contributed by atoms with Crippen LogP contribution in [0.15, 0.2) is 18.2 Å². The first kappa shape index (κ1) is 14.8. The lowest BCUT2D eigenvalue weighted by Gasteiger charge is -2.38. The smallest absolute Gasteiger partial charge is 0.125 e. The van der Waals surface area contributed by atoms with Crippen LogP contribution in [-0.4, -0.2) is 31.1 Å². The summed E-state index contributed by atoms with van der Waals surface area (Å²) in [6.45, 7) is 8.41. The van der Waals surface area contributed by atoms with Gasteiger partial charge in [-0.25, -0.2) is 4.39 Å². The molecule has 1 unspecified atom stereocenters. The third-order valence-electron chi connectivity index (χ3n) is 3.95. The first-order valence-electron chi connectivity index (χ1n) is 7.02. The fraction of sp³-hybridized carbons (Fsp3) is 0.600. The minimum Gasteiger partial charge on any atom is -0.314 e. The van der Waals surface area contributed by atoms with E-state index in [1.54, 1.807) is 6.07 Å². The zero-order valence-corrected chi connectivity index (χ0v) is 12.4. The SMILES string of the molecule is CCC(C)[C@H](c1cc(F)cc(Cl)c1)N1CCNCC1. The number of halogens is 2. The molecule has 0 saturated carbocycles. The third kappa shape index (κ3) is 3.68. The molecule has 0 radical (unpaired) electrons. The van der Waals surface area contributed by atoms with Crippen LogP contribution < -0.4 is 5.32 Å². The predicted octanol–water partition coefficient (Wildman–Crippen LogP) is 3.47. The lowest BCUT2D eigenvalue weighted by molar-refractivity contribution is 0.128. The summed E-state index contributed by atoms with van der Waals surface area (Å²) < 4.78 is 13.6. The van der Waals surface area contributed by atoms with Crippen molar-refractivity contribution in [1.29, 1.82) is 0 Å². The van der Waals surface area contributed by atoms with Gasteiger partial charge in [-0.2, -0.15) is 0 Å². The van der Waals surface area contributed by atoms with Gasteiger partial charge in [-0.15, -0.1) is 0 Å². The van der Waals surface area contributed by atoms with Gasteiger partial charge in [0.2, 0.25) is 0 Å². The molecule has 0 amide bonds. The third-order valence-corrected chi connectivity index (χ3v) is 4.17. The summed E-state index contributed by atoms with van der Waals surface area (Å²) in [6.07, 6.45) is 1.07. The van der Waals surface area contributed by atoms with Crippen molar-refractivity contribution in [3.05, 3.63) is 34.6 Å². The quantitative estimate of drug-likeness (QED) is 0.911. The molecule has 2 nitrogen and oxygen atoms in total. The van der Waals surface area contributed by atoms with Crippen LogP contribution in [0.4, 0.5) is 4.39 Å². The summed E-state index contributed by atoms with van der Waals surface area (Å²) in [7, 11) is 0. The number of nitrogens with one attached hydrogen (secondary N) is 1. The van der Waals surface area contributed by atoms with E-state index in [4.69, 9.17) is 11.6 Å². The topological polar surface area (TPSA) is 15.3 Å². The van der Waals surface area contributed by atoms with Crippen molar-refractivity contribution in [2.45, 2.75) is 26.3 Å². The van der Waals surface area contributed by atoms with E-state index in [1.807, 2.05) is 6.07 Å². The molecule has 1 heterocycles. The molecule has 0 spiro atoms. The number of piperazine rings is 1. The maximum atomic E-state index is 13.6. The summed E-state index contributed by atoms with van der Waals surface area (Å²) >= 11 is 6.01. The second kappa shape index (κ2) is 6.69. The molecule has 106 valence electrons. The van der Waals surface area contributed by atoms with Gasteiger partial charge >= 0.3 is 0 Å². The number of hydrogen-bond acceptors (Lipinski definition) is 2. The summed E-state index contributed by atoms with van der Waals surface area (Å²) in [4.78, 5) is 2.44. The van der Waals surface area contributed by atoms with E-state index >= 15 is 0 Å². The molecule has 1 saturated heterocycles. The standard InChI is InChI=1S/C15H22ClFN2/c1-3-11(2)15(19-6-4-18-5-7-19)12-8-13(16)10-14(17)9-12/h8-11,15,18H,3-7H2,1-2H3/t11?,15-/m1/s1. The number of hydrogen-bond donors (Lipinski definition) is 1. The van der Waals surface area contributed by atoms with Gasteiger partial charge in [0.1, 0.15) is 5.82 Å². The average molecular weight is 285 g/mol. The Labute approximate surface area is 119 Å². The normalized spacial score (nSPS) is 20.2. The highest BCUT2D eigenvalue weighted by molar-refractivity contribution is 6.30. The Balaban J connectivity index is 2.30. The first-order chi connectivity index (χ1) is 9.11. The fourth-order valence-corrected chi connectivity index (χ4v) is 3.06. The van der Waals surface area contributed by atoms with Crippen molar-refractivity contribution >= 4 is 11.6 Å². The van der Waals surface area contributed by atoms with Gasteiger partial charge in [-0.05, 0) is 29.7 Å². The minimum absolute atomic E-state index is 0.245. The van der Waals surface area contributed by atoms with E-state index in [1.165, 1.54) is 6.07 Å². The molecule has 2 atom stereocenters. The molecular formula is C15H22ClFN2. The van der Waals surface area contributed by atoms with Crippen molar-refractivity contribution in [3.8, 4) is 0 Å². The second-order valence-electron chi connectivity index (χ2n) is 5.32. The average Bonchev–Trinajstić information content (AvgIpc) is 2.39. The van der Waals surface area contributed by atoms with Crippen molar-refractivity contribution < 1.29 is 4.39 Å². The largest absolute Gasteiger partial charge is 0.314 e. The highest BCUT2D eigenvalue weighted by Gasteiger charge is 2.26. The van der Waals surface area contributed by atoms with Crippen LogP contribution in [0.2, 0.25) is 5.02 Å². The van der Waals surface area contributed by atoms with Gasteiger partial charge in [0.05, 0.1) is 0 Å². The predicted molar refractivity (Wildman–Crippen MR) is 78.0 cm³/mol. The van der Waals surface area contributed by atoms with E-state index in [0.717, 1.165) is 38.2 Å². The molecule has 0 bridgehead atoms. The maximum absolute atomic E-state index is 13.6. The molecule has 1 N–H and O–H groups in total. The van der Waals surface area contributed by atoms with Crippen LogP contribution in [0.25, 0.3) is 0 Å². The molecule has 19 heavy (non-hydrogen) atoms. The Hall–Kier alpha value is -0.640. The Bertz CT molecular complexity index is 398. The van der Waals surface area contributed by atoms with Gasteiger partial charge in [0.15, 0.2) is 0 Å². The molecule has 0 aliphatic carbocycles. The van der Waals surface area contributed by atoms with Crippen LogP contribution in [0.1, 0.15) is 31.9 Å². The zero-order chi connectivity index (χ0) is 13.8. The minimum atomic E-state index is -0.245. The van der Waals surface area contributed by atoms with Crippen LogP contribution in [0.3, 0.4) is 0 Å². The number of benzene rings is 1. The Kier molecular flexibility index (Phi) is 5.20. The molecule has 1 aliphatic rings. The van der Waals surface area contributed by atoms with E-state index in [-0.39, 0.29) is 11.9 Å². The summed E-state index contributed by atoms with van der Waals surface area (Å²) in [5.74, 6) is 0.238. The lowest BCUT2D eigenvalue weighted by Crippen LogP contribution is -2.46. The molecule has 0 aromatic heterocycles. The maximum Gasteiger partial charge on any atom is 0.125 e. The molecule has 4 heteroatoms. The van der Waals surface area contributed by atoms with Crippen molar-refractivity contribution in [1.82, 2.24) is 10.2 Å². The molecule has 1 aliphatic heterocycles. The van der Waals surface area contributed by atoms with Gasteiger partial charge in [0.25, 0.3) is 0 Å². The monoisotopic (exact) mass is 284 g/mol. The fourth-order valence-electron chi connectivity index (χ4n) is 2.83. The van der Waals surface area contributed by atoms with Crippen LogP contribution in [-0.2, 0) is 0 Å². The highest BCUT2D eigenvalue weighted by Crippen LogP contribution is 2.32. The number of nitrogens with zero attached hydrogens (tertiary/aromatic N) is 1. The van der Waals surface area contributed by atoms with Crippen LogP contribution in [0, 0.1) is 11.7 Å². The van der Waals surface area contributed by atoms with Gasteiger partial charge in [-0.1, -0.05) is 31.9 Å². The van der Waals surface area contributed by atoms with Gasteiger partial charge in [-0.3, -0.25) is 4.90 Å². The Morgan fingerprint density at radius 3 is 2.58 bits per heavy atom. The summed E-state index contributed by atoms with van der Waals surface area (Å²) in [5.41, 5.74) is 1.00. The van der Waals surface area contributed by atoms with E-state index in [0.29, 0.717) is 10.9 Å².